The van der Waals surface area contributed by atoms with Crippen LogP contribution in [0.3, 0.4) is 0 Å². The molecule has 0 fully saturated rings. The molecule has 3 nitrogen and oxygen atoms in total. The maximum Gasteiger partial charge on any atom is 0.268 e. The van der Waals surface area contributed by atoms with Gasteiger partial charge in [-0.1, -0.05) is 35.9 Å². The Hall–Kier alpha value is -1.34. The van der Waals surface area contributed by atoms with Crippen molar-refractivity contribution in [2.45, 2.75) is 18.7 Å². The summed E-state index contributed by atoms with van der Waals surface area (Å²) < 4.78 is 28.3. The molecule has 0 saturated heterocycles. The van der Waals surface area contributed by atoms with Crippen molar-refractivity contribution in [2.75, 3.05) is 0 Å². The second kappa shape index (κ2) is 5.14. The first-order valence-electron chi connectivity index (χ1n) is 6.50. The van der Waals surface area contributed by atoms with Gasteiger partial charge in [-0.15, -0.1) is 0 Å². The Morgan fingerprint density at radius 3 is 2.24 bits per heavy atom. The molecule has 0 radical (unpaired) electrons. The molecule has 1 heterocycles. The minimum Gasteiger partial charge on any atom is -0.237 e. The lowest BCUT2D eigenvalue weighted by Gasteiger charge is -2.10. The molecular formula is C16H14INO2S. The first kappa shape index (κ1) is 14.6. The summed E-state index contributed by atoms with van der Waals surface area (Å²) in [5.41, 5.74) is 2.51. The molecule has 0 atom stereocenters. The van der Waals surface area contributed by atoms with Gasteiger partial charge in [-0.05, 0) is 54.6 Å². The fourth-order valence-corrected chi connectivity index (χ4v) is 4.85. The van der Waals surface area contributed by atoms with E-state index in [1.54, 1.807) is 12.1 Å². The third-order valence-corrected chi connectivity index (χ3v) is 6.72. The van der Waals surface area contributed by atoms with Gasteiger partial charge in [-0.25, -0.2) is 12.4 Å². The lowest BCUT2D eigenvalue weighted by atomic mass is 10.2. The molecule has 0 aliphatic carbocycles. The standard InChI is InChI=1S/C16H14INO2S/c1-11-7-9-13(10-8-11)21(19,20)18-12(2)16(17)14-5-3-4-6-15(14)18/h3-10H,1-2H3. The van der Waals surface area contributed by atoms with E-state index in [1.807, 2.05) is 50.2 Å². The number of para-hydroxylation sites is 1. The van der Waals surface area contributed by atoms with E-state index in [2.05, 4.69) is 22.6 Å². The van der Waals surface area contributed by atoms with Crippen molar-refractivity contribution in [3.63, 3.8) is 0 Å². The number of aromatic nitrogens is 1. The summed E-state index contributed by atoms with van der Waals surface area (Å²) in [5.74, 6) is 0. The SMILES string of the molecule is Cc1ccc(S(=O)(=O)n2c(C)c(I)c3ccccc32)cc1. The van der Waals surface area contributed by atoms with Crippen molar-refractivity contribution < 1.29 is 8.42 Å². The van der Waals surface area contributed by atoms with Crippen LogP contribution in [0.25, 0.3) is 10.9 Å². The van der Waals surface area contributed by atoms with Gasteiger partial charge >= 0.3 is 0 Å². The molecule has 108 valence electrons. The number of fused-ring (bicyclic) bond motifs is 1. The molecule has 0 saturated carbocycles. The molecule has 2 aromatic carbocycles. The van der Waals surface area contributed by atoms with Crippen LogP contribution in [0.2, 0.25) is 0 Å². The smallest absolute Gasteiger partial charge is 0.237 e. The van der Waals surface area contributed by atoms with Crippen LogP contribution >= 0.6 is 22.6 Å². The highest BCUT2D eigenvalue weighted by atomic mass is 127. The average Bonchev–Trinajstić information content (AvgIpc) is 2.72. The molecule has 0 aliphatic heterocycles. The predicted octanol–water partition coefficient (Wildman–Crippen LogP) is 4.10. The zero-order chi connectivity index (χ0) is 15.2. The van der Waals surface area contributed by atoms with Crippen LogP contribution in [0, 0.1) is 17.4 Å². The van der Waals surface area contributed by atoms with Crippen LogP contribution in [-0.4, -0.2) is 12.4 Å². The van der Waals surface area contributed by atoms with Crippen LogP contribution in [-0.2, 0) is 10.0 Å². The Labute approximate surface area is 137 Å². The lowest BCUT2D eigenvalue weighted by Crippen LogP contribution is -2.14. The summed E-state index contributed by atoms with van der Waals surface area (Å²) in [5, 5.41) is 0.964. The Morgan fingerprint density at radius 1 is 0.952 bits per heavy atom. The van der Waals surface area contributed by atoms with E-state index in [9.17, 15) is 8.42 Å². The van der Waals surface area contributed by atoms with Crippen LogP contribution in [0.15, 0.2) is 53.4 Å². The van der Waals surface area contributed by atoms with Gasteiger partial charge in [0.15, 0.2) is 0 Å². The third-order valence-electron chi connectivity index (χ3n) is 3.54. The maximum atomic E-state index is 13.0. The van der Waals surface area contributed by atoms with Gasteiger partial charge in [0.2, 0.25) is 0 Å². The molecule has 0 aliphatic rings. The van der Waals surface area contributed by atoms with Gasteiger partial charge in [0.1, 0.15) is 0 Å². The molecule has 0 N–H and O–H groups in total. The first-order valence-corrected chi connectivity index (χ1v) is 9.02. The monoisotopic (exact) mass is 411 g/mol. The van der Waals surface area contributed by atoms with Gasteiger partial charge in [-0.3, -0.25) is 0 Å². The summed E-state index contributed by atoms with van der Waals surface area (Å²) in [6.07, 6.45) is 0. The molecule has 5 heteroatoms. The van der Waals surface area contributed by atoms with Gasteiger partial charge in [0, 0.05) is 14.7 Å². The first-order chi connectivity index (χ1) is 9.93. The zero-order valence-corrected chi connectivity index (χ0v) is 14.6. The average molecular weight is 411 g/mol. The second-order valence-electron chi connectivity index (χ2n) is 5.00. The molecular weight excluding hydrogens is 397 g/mol. The Balaban J connectivity index is 2.34. The zero-order valence-electron chi connectivity index (χ0n) is 11.7. The molecule has 21 heavy (non-hydrogen) atoms. The van der Waals surface area contributed by atoms with E-state index >= 15 is 0 Å². The van der Waals surface area contributed by atoms with Crippen LogP contribution in [0.5, 0.6) is 0 Å². The Bertz CT molecular complexity index is 925. The number of rotatable bonds is 2. The normalized spacial score (nSPS) is 12.0. The highest BCUT2D eigenvalue weighted by Crippen LogP contribution is 2.30. The maximum absolute atomic E-state index is 13.0. The molecule has 0 bridgehead atoms. The van der Waals surface area contributed by atoms with E-state index in [4.69, 9.17) is 0 Å². The molecule has 1 aromatic heterocycles. The summed E-state index contributed by atoms with van der Waals surface area (Å²) in [6, 6.07) is 14.5. The second-order valence-corrected chi connectivity index (χ2v) is 7.86. The van der Waals surface area contributed by atoms with Crippen molar-refractivity contribution in [3.8, 4) is 0 Å². The molecule has 3 rings (SSSR count). The van der Waals surface area contributed by atoms with Crippen molar-refractivity contribution in [2.24, 2.45) is 0 Å². The van der Waals surface area contributed by atoms with E-state index in [-0.39, 0.29) is 0 Å². The number of halogens is 1. The molecule has 3 aromatic rings. The summed E-state index contributed by atoms with van der Waals surface area (Å²) in [6.45, 7) is 3.78. The fraction of sp³-hybridized carbons (Fsp3) is 0.125. The largest absolute Gasteiger partial charge is 0.268 e. The molecule has 0 amide bonds. The minimum atomic E-state index is -3.58. The van der Waals surface area contributed by atoms with Gasteiger partial charge in [0.25, 0.3) is 10.0 Å². The minimum absolute atomic E-state index is 0.313. The quantitative estimate of drug-likeness (QED) is 0.596. The Morgan fingerprint density at radius 2 is 1.57 bits per heavy atom. The van der Waals surface area contributed by atoms with Gasteiger partial charge in [-0.2, -0.15) is 0 Å². The van der Waals surface area contributed by atoms with Crippen molar-refractivity contribution >= 4 is 43.5 Å². The number of hydrogen-bond donors (Lipinski definition) is 0. The number of benzene rings is 2. The number of nitrogens with zero attached hydrogens (tertiary/aromatic N) is 1. The van der Waals surface area contributed by atoms with Gasteiger partial charge < -0.3 is 0 Å². The molecule has 0 unspecified atom stereocenters. The number of aryl methyl sites for hydroxylation is 1. The Kier molecular flexibility index (Phi) is 3.57. The van der Waals surface area contributed by atoms with Crippen molar-refractivity contribution in [1.29, 1.82) is 0 Å². The third kappa shape index (κ3) is 2.28. The van der Waals surface area contributed by atoms with E-state index in [0.717, 1.165) is 25.7 Å². The summed E-state index contributed by atoms with van der Waals surface area (Å²) in [4.78, 5) is 0.313. The van der Waals surface area contributed by atoms with E-state index in [1.165, 1.54) is 3.97 Å². The van der Waals surface area contributed by atoms with Crippen molar-refractivity contribution in [1.82, 2.24) is 3.97 Å². The summed E-state index contributed by atoms with van der Waals surface area (Å²) >= 11 is 2.20. The summed E-state index contributed by atoms with van der Waals surface area (Å²) in [7, 11) is -3.58. The van der Waals surface area contributed by atoms with E-state index < -0.39 is 10.0 Å². The van der Waals surface area contributed by atoms with Crippen LogP contribution in [0.1, 0.15) is 11.3 Å². The highest BCUT2D eigenvalue weighted by Gasteiger charge is 2.23. The van der Waals surface area contributed by atoms with Crippen LogP contribution in [0.4, 0.5) is 0 Å². The fourth-order valence-electron chi connectivity index (χ4n) is 2.43. The molecule has 0 spiro atoms. The van der Waals surface area contributed by atoms with Crippen molar-refractivity contribution in [3.05, 3.63) is 63.4 Å². The highest BCUT2D eigenvalue weighted by molar-refractivity contribution is 14.1. The predicted molar refractivity (Wildman–Crippen MR) is 93.2 cm³/mol. The van der Waals surface area contributed by atoms with Crippen LogP contribution < -0.4 is 0 Å². The number of hydrogen-bond acceptors (Lipinski definition) is 2. The van der Waals surface area contributed by atoms with E-state index in [0.29, 0.717) is 4.90 Å². The lowest BCUT2D eigenvalue weighted by molar-refractivity contribution is 0.588. The topological polar surface area (TPSA) is 39.1 Å². The van der Waals surface area contributed by atoms with Gasteiger partial charge in [0.05, 0.1) is 10.4 Å².